The lowest BCUT2D eigenvalue weighted by Crippen LogP contribution is -2.46. The van der Waals surface area contributed by atoms with Gasteiger partial charge in [0.2, 0.25) is 0 Å². The molecule has 8 heteroatoms. The first kappa shape index (κ1) is 17.2. The lowest BCUT2D eigenvalue weighted by atomic mass is 10.0. The Labute approximate surface area is 146 Å². The first-order valence-electron chi connectivity index (χ1n) is 8.17. The third-order valence-corrected chi connectivity index (χ3v) is 4.41. The highest BCUT2D eigenvalue weighted by molar-refractivity contribution is 5.94. The van der Waals surface area contributed by atoms with Crippen LogP contribution in [0.3, 0.4) is 0 Å². The standard InChI is InChI=1S/C17H22N6O2/c1-12-14(8-20-13(2)21-12)16(24)22(3)10-17(25)4-7-23(11-17)15-9-18-5-6-19-15/h5-6,8-9,25H,4,7,10-11H2,1-3H3/t17-/m1/s1. The summed E-state index contributed by atoms with van der Waals surface area (Å²) >= 11 is 0. The number of carbonyl (C=O) groups excluding carboxylic acids is 1. The van der Waals surface area contributed by atoms with E-state index in [1.165, 1.54) is 4.90 Å². The van der Waals surface area contributed by atoms with Crippen LogP contribution in [0.25, 0.3) is 0 Å². The number of aromatic nitrogens is 4. The van der Waals surface area contributed by atoms with E-state index in [-0.39, 0.29) is 12.5 Å². The summed E-state index contributed by atoms with van der Waals surface area (Å²) in [6.45, 7) is 4.88. The third kappa shape index (κ3) is 3.74. The monoisotopic (exact) mass is 342 g/mol. The van der Waals surface area contributed by atoms with Crippen molar-refractivity contribution in [2.45, 2.75) is 25.9 Å². The second-order valence-electron chi connectivity index (χ2n) is 6.54. The molecular formula is C17H22N6O2. The number of likely N-dealkylation sites (N-methyl/N-ethyl adjacent to an activating group) is 1. The van der Waals surface area contributed by atoms with Crippen LogP contribution >= 0.6 is 0 Å². The summed E-state index contributed by atoms with van der Waals surface area (Å²) in [6.07, 6.45) is 7.02. The molecule has 1 atom stereocenters. The predicted molar refractivity (Wildman–Crippen MR) is 92.3 cm³/mol. The summed E-state index contributed by atoms with van der Waals surface area (Å²) in [4.78, 5) is 32.8. The van der Waals surface area contributed by atoms with Gasteiger partial charge in [-0.15, -0.1) is 0 Å². The zero-order valence-electron chi connectivity index (χ0n) is 14.7. The fourth-order valence-electron chi connectivity index (χ4n) is 3.15. The molecular weight excluding hydrogens is 320 g/mol. The molecule has 0 spiro atoms. The van der Waals surface area contributed by atoms with E-state index in [0.717, 1.165) is 5.82 Å². The van der Waals surface area contributed by atoms with E-state index in [4.69, 9.17) is 0 Å². The number of nitrogens with zero attached hydrogens (tertiary/aromatic N) is 6. The van der Waals surface area contributed by atoms with Gasteiger partial charge in [0.1, 0.15) is 17.2 Å². The first-order chi connectivity index (χ1) is 11.9. The quantitative estimate of drug-likeness (QED) is 0.869. The zero-order valence-corrected chi connectivity index (χ0v) is 14.7. The lowest BCUT2D eigenvalue weighted by molar-refractivity contribution is 0.0263. The second kappa shape index (κ2) is 6.72. The molecule has 1 N–H and O–H groups in total. The Hall–Kier alpha value is -2.61. The molecule has 3 heterocycles. The van der Waals surface area contributed by atoms with Crippen LogP contribution in [0.15, 0.2) is 24.8 Å². The molecule has 8 nitrogen and oxygen atoms in total. The number of aliphatic hydroxyl groups is 1. The van der Waals surface area contributed by atoms with Crippen molar-refractivity contribution in [3.05, 3.63) is 41.9 Å². The minimum atomic E-state index is -0.985. The molecule has 25 heavy (non-hydrogen) atoms. The van der Waals surface area contributed by atoms with Gasteiger partial charge in [0.15, 0.2) is 0 Å². The molecule has 2 aromatic heterocycles. The topological polar surface area (TPSA) is 95.3 Å². The highest BCUT2D eigenvalue weighted by Crippen LogP contribution is 2.26. The van der Waals surface area contributed by atoms with Crippen molar-refractivity contribution in [3.8, 4) is 0 Å². The van der Waals surface area contributed by atoms with E-state index < -0.39 is 5.60 Å². The normalized spacial score (nSPS) is 19.9. The highest BCUT2D eigenvalue weighted by Gasteiger charge is 2.38. The van der Waals surface area contributed by atoms with Crippen LogP contribution in [0.1, 0.15) is 28.3 Å². The maximum atomic E-state index is 12.7. The number of rotatable bonds is 4. The summed E-state index contributed by atoms with van der Waals surface area (Å²) in [5.41, 5.74) is 0.117. The van der Waals surface area contributed by atoms with Crippen molar-refractivity contribution in [1.29, 1.82) is 0 Å². The molecule has 0 aliphatic carbocycles. The van der Waals surface area contributed by atoms with Gasteiger partial charge in [-0.2, -0.15) is 0 Å². The molecule has 3 rings (SSSR count). The molecule has 0 aromatic carbocycles. The maximum Gasteiger partial charge on any atom is 0.257 e. The van der Waals surface area contributed by atoms with Gasteiger partial charge in [-0.05, 0) is 20.3 Å². The first-order valence-corrected chi connectivity index (χ1v) is 8.17. The number of hydrogen-bond acceptors (Lipinski definition) is 7. The molecule has 1 aliphatic rings. The van der Waals surface area contributed by atoms with Gasteiger partial charge in [-0.3, -0.25) is 9.78 Å². The molecule has 1 aliphatic heterocycles. The summed E-state index contributed by atoms with van der Waals surface area (Å²) in [5, 5.41) is 10.9. The number of hydrogen-bond donors (Lipinski definition) is 1. The molecule has 0 bridgehead atoms. The summed E-state index contributed by atoms with van der Waals surface area (Å²) in [7, 11) is 1.69. The fourth-order valence-corrected chi connectivity index (χ4v) is 3.15. The van der Waals surface area contributed by atoms with Crippen LogP contribution in [-0.2, 0) is 0 Å². The maximum absolute atomic E-state index is 12.7. The number of anilines is 1. The van der Waals surface area contributed by atoms with E-state index in [0.29, 0.717) is 36.6 Å². The number of carbonyl (C=O) groups is 1. The van der Waals surface area contributed by atoms with Crippen molar-refractivity contribution in [2.24, 2.45) is 0 Å². The van der Waals surface area contributed by atoms with E-state index in [2.05, 4.69) is 19.9 Å². The molecule has 0 radical (unpaired) electrons. The largest absolute Gasteiger partial charge is 0.386 e. The summed E-state index contributed by atoms with van der Waals surface area (Å²) < 4.78 is 0. The number of amides is 1. The van der Waals surface area contributed by atoms with E-state index >= 15 is 0 Å². The summed E-state index contributed by atoms with van der Waals surface area (Å²) in [6, 6.07) is 0. The highest BCUT2D eigenvalue weighted by atomic mass is 16.3. The Kier molecular flexibility index (Phi) is 4.63. The Bertz CT molecular complexity index is 769. The second-order valence-corrected chi connectivity index (χ2v) is 6.54. The van der Waals surface area contributed by atoms with Crippen LogP contribution in [0.4, 0.5) is 5.82 Å². The molecule has 2 aromatic rings. The van der Waals surface area contributed by atoms with E-state index in [1.54, 1.807) is 45.7 Å². The number of aryl methyl sites for hydroxylation is 2. The van der Waals surface area contributed by atoms with Crippen molar-refractivity contribution >= 4 is 11.7 Å². The lowest BCUT2D eigenvalue weighted by Gasteiger charge is -2.29. The predicted octanol–water partition coefficient (Wildman–Crippen LogP) is 0.597. The van der Waals surface area contributed by atoms with Gasteiger partial charge < -0.3 is 14.9 Å². The SMILES string of the molecule is Cc1ncc(C(=O)N(C)C[C@]2(O)CCN(c3cnccn3)C2)c(C)n1. The smallest absolute Gasteiger partial charge is 0.257 e. The molecule has 1 fully saturated rings. The molecule has 1 amide bonds. The Morgan fingerprint density at radius 3 is 2.80 bits per heavy atom. The van der Waals surface area contributed by atoms with Crippen molar-refractivity contribution < 1.29 is 9.90 Å². The van der Waals surface area contributed by atoms with Gasteiger partial charge in [-0.25, -0.2) is 15.0 Å². The number of β-amino-alcohol motifs (C(OH)–C–C–N with tert-alkyl or cyclic N) is 1. The Morgan fingerprint density at radius 1 is 1.32 bits per heavy atom. The van der Waals surface area contributed by atoms with Crippen LogP contribution < -0.4 is 4.90 Å². The van der Waals surface area contributed by atoms with Crippen LogP contribution in [0.2, 0.25) is 0 Å². The van der Waals surface area contributed by atoms with Crippen molar-refractivity contribution in [1.82, 2.24) is 24.8 Å². The van der Waals surface area contributed by atoms with E-state index in [9.17, 15) is 9.90 Å². The van der Waals surface area contributed by atoms with Gasteiger partial charge >= 0.3 is 0 Å². The average molecular weight is 342 g/mol. The zero-order chi connectivity index (χ0) is 18.0. The Balaban J connectivity index is 1.68. The van der Waals surface area contributed by atoms with Gasteiger partial charge in [-0.1, -0.05) is 0 Å². The van der Waals surface area contributed by atoms with E-state index in [1.807, 2.05) is 4.90 Å². The van der Waals surface area contributed by atoms with Crippen LogP contribution in [0, 0.1) is 13.8 Å². The Morgan fingerprint density at radius 2 is 2.12 bits per heavy atom. The van der Waals surface area contributed by atoms with Gasteiger partial charge in [0.05, 0.1) is 24.0 Å². The minimum absolute atomic E-state index is 0.191. The van der Waals surface area contributed by atoms with Crippen molar-refractivity contribution in [2.75, 3.05) is 31.6 Å². The average Bonchev–Trinajstić information content (AvgIpc) is 2.97. The molecule has 0 saturated carbocycles. The minimum Gasteiger partial charge on any atom is -0.386 e. The fraction of sp³-hybridized carbons (Fsp3) is 0.471. The summed E-state index contributed by atoms with van der Waals surface area (Å²) in [5.74, 6) is 1.17. The van der Waals surface area contributed by atoms with Crippen LogP contribution in [-0.4, -0.2) is 68.1 Å². The van der Waals surface area contributed by atoms with Gasteiger partial charge in [0, 0.05) is 38.7 Å². The molecule has 0 unspecified atom stereocenters. The van der Waals surface area contributed by atoms with Crippen LogP contribution in [0.5, 0.6) is 0 Å². The van der Waals surface area contributed by atoms with Crippen molar-refractivity contribution in [3.63, 3.8) is 0 Å². The molecule has 132 valence electrons. The molecule has 1 saturated heterocycles. The third-order valence-electron chi connectivity index (χ3n) is 4.41. The van der Waals surface area contributed by atoms with Gasteiger partial charge in [0.25, 0.3) is 5.91 Å².